The molecule has 0 saturated heterocycles. The number of hydrogen-bond donors (Lipinski definition) is 2. The Morgan fingerprint density at radius 2 is 2.00 bits per heavy atom. The van der Waals surface area contributed by atoms with Crippen molar-refractivity contribution in [3.63, 3.8) is 0 Å². The molecule has 5 nitrogen and oxygen atoms in total. The first-order valence-electron chi connectivity index (χ1n) is 6.71. The second-order valence-electron chi connectivity index (χ2n) is 4.82. The molecule has 20 heavy (non-hydrogen) atoms. The SMILES string of the molecule is CCCS(=O)(=O)CCCC(=O)Nc1cccc(N)c1C. The van der Waals surface area contributed by atoms with Gasteiger partial charge in [0, 0.05) is 23.5 Å². The molecule has 0 aliphatic heterocycles. The van der Waals surface area contributed by atoms with E-state index in [2.05, 4.69) is 5.32 Å². The van der Waals surface area contributed by atoms with E-state index < -0.39 is 9.84 Å². The predicted molar refractivity (Wildman–Crippen MR) is 82.4 cm³/mol. The summed E-state index contributed by atoms with van der Waals surface area (Å²) in [5.41, 5.74) is 7.87. The maximum absolute atomic E-state index is 11.8. The lowest BCUT2D eigenvalue weighted by Crippen LogP contribution is -2.16. The fourth-order valence-electron chi connectivity index (χ4n) is 1.87. The normalized spacial score (nSPS) is 11.3. The third-order valence-corrected chi connectivity index (χ3v) is 4.97. The average Bonchev–Trinajstić information content (AvgIpc) is 2.34. The van der Waals surface area contributed by atoms with Gasteiger partial charge >= 0.3 is 0 Å². The summed E-state index contributed by atoms with van der Waals surface area (Å²) >= 11 is 0. The molecule has 0 aromatic heterocycles. The highest BCUT2D eigenvalue weighted by atomic mass is 32.2. The molecule has 1 aromatic carbocycles. The molecule has 1 rings (SSSR count). The number of nitrogen functional groups attached to an aromatic ring is 1. The molecule has 0 spiro atoms. The van der Waals surface area contributed by atoms with Gasteiger partial charge < -0.3 is 11.1 Å². The fraction of sp³-hybridized carbons (Fsp3) is 0.500. The van der Waals surface area contributed by atoms with Crippen LogP contribution in [0.4, 0.5) is 11.4 Å². The molecular formula is C14H22N2O3S. The molecule has 0 aliphatic rings. The van der Waals surface area contributed by atoms with Crippen LogP contribution in [0.1, 0.15) is 31.7 Å². The third kappa shape index (κ3) is 5.21. The van der Waals surface area contributed by atoms with Crippen LogP contribution in [0.2, 0.25) is 0 Å². The minimum Gasteiger partial charge on any atom is -0.398 e. The van der Waals surface area contributed by atoms with E-state index in [1.54, 1.807) is 18.2 Å². The van der Waals surface area contributed by atoms with Crippen molar-refractivity contribution in [3.8, 4) is 0 Å². The summed E-state index contributed by atoms with van der Waals surface area (Å²) in [5, 5.41) is 2.76. The Balaban J connectivity index is 2.47. The van der Waals surface area contributed by atoms with Gasteiger partial charge in [0.2, 0.25) is 5.91 Å². The molecule has 0 fully saturated rings. The lowest BCUT2D eigenvalue weighted by molar-refractivity contribution is -0.116. The number of benzene rings is 1. The molecule has 0 heterocycles. The summed E-state index contributed by atoms with van der Waals surface area (Å²) in [5.74, 6) is 0.0537. The van der Waals surface area contributed by atoms with E-state index in [0.717, 1.165) is 5.56 Å². The van der Waals surface area contributed by atoms with E-state index in [4.69, 9.17) is 5.73 Å². The van der Waals surface area contributed by atoms with Crippen LogP contribution in [0.3, 0.4) is 0 Å². The molecule has 0 unspecified atom stereocenters. The van der Waals surface area contributed by atoms with Gasteiger partial charge in [0.1, 0.15) is 9.84 Å². The summed E-state index contributed by atoms with van der Waals surface area (Å²) in [6, 6.07) is 5.31. The number of nitrogens with one attached hydrogen (secondary N) is 1. The van der Waals surface area contributed by atoms with Crippen molar-refractivity contribution >= 4 is 27.1 Å². The van der Waals surface area contributed by atoms with Crippen LogP contribution in [0.25, 0.3) is 0 Å². The van der Waals surface area contributed by atoms with Gasteiger partial charge in [-0.25, -0.2) is 8.42 Å². The molecule has 6 heteroatoms. The average molecular weight is 298 g/mol. The van der Waals surface area contributed by atoms with Gasteiger partial charge in [-0.1, -0.05) is 13.0 Å². The molecule has 0 aliphatic carbocycles. The van der Waals surface area contributed by atoms with Crippen LogP contribution in [0.15, 0.2) is 18.2 Å². The maximum Gasteiger partial charge on any atom is 0.224 e. The number of sulfone groups is 1. The summed E-state index contributed by atoms with van der Waals surface area (Å²) in [6.45, 7) is 3.66. The highest BCUT2D eigenvalue weighted by Crippen LogP contribution is 2.20. The minimum atomic E-state index is -3.02. The van der Waals surface area contributed by atoms with Crippen LogP contribution < -0.4 is 11.1 Å². The molecule has 3 N–H and O–H groups in total. The number of rotatable bonds is 7. The molecule has 1 amide bonds. The van der Waals surface area contributed by atoms with Gasteiger partial charge in [0.15, 0.2) is 0 Å². The molecule has 0 atom stereocenters. The number of anilines is 2. The van der Waals surface area contributed by atoms with Crippen molar-refractivity contribution in [2.24, 2.45) is 0 Å². The van der Waals surface area contributed by atoms with Crippen molar-refractivity contribution in [2.45, 2.75) is 33.1 Å². The Hall–Kier alpha value is -1.56. The third-order valence-electron chi connectivity index (χ3n) is 3.02. The highest BCUT2D eigenvalue weighted by Gasteiger charge is 2.11. The molecule has 1 aromatic rings. The van der Waals surface area contributed by atoms with Gasteiger partial charge in [-0.05, 0) is 37.5 Å². The number of amides is 1. The number of nitrogens with two attached hydrogens (primary N) is 1. The van der Waals surface area contributed by atoms with Gasteiger partial charge in [-0.2, -0.15) is 0 Å². The standard InChI is InChI=1S/C14H22N2O3S/c1-3-9-20(18,19)10-5-8-14(17)16-13-7-4-6-12(15)11(13)2/h4,6-7H,3,5,8-10,15H2,1-2H3,(H,16,17). The van der Waals surface area contributed by atoms with Gasteiger partial charge in [-0.3, -0.25) is 4.79 Å². The summed E-state index contributed by atoms with van der Waals surface area (Å²) in [6.07, 6.45) is 1.14. The monoisotopic (exact) mass is 298 g/mol. The fourth-order valence-corrected chi connectivity index (χ4v) is 3.28. The topological polar surface area (TPSA) is 89.3 Å². The van der Waals surface area contributed by atoms with E-state index in [9.17, 15) is 13.2 Å². The zero-order valence-electron chi connectivity index (χ0n) is 12.0. The van der Waals surface area contributed by atoms with Gasteiger partial charge in [0.25, 0.3) is 0 Å². The quantitative estimate of drug-likeness (QED) is 0.755. The smallest absolute Gasteiger partial charge is 0.224 e. The second kappa shape index (κ2) is 7.28. The maximum atomic E-state index is 11.8. The Morgan fingerprint density at radius 1 is 1.30 bits per heavy atom. The number of hydrogen-bond acceptors (Lipinski definition) is 4. The van der Waals surface area contributed by atoms with Crippen LogP contribution in [-0.4, -0.2) is 25.8 Å². The minimum absolute atomic E-state index is 0.0597. The lowest BCUT2D eigenvalue weighted by atomic mass is 10.1. The molecule has 0 radical (unpaired) electrons. The first-order valence-corrected chi connectivity index (χ1v) is 8.53. The van der Waals surface area contributed by atoms with Crippen molar-refractivity contribution in [3.05, 3.63) is 23.8 Å². The summed E-state index contributed by atoms with van der Waals surface area (Å²) in [4.78, 5) is 11.8. The van der Waals surface area contributed by atoms with E-state index in [0.29, 0.717) is 24.2 Å². The zero-order valence-corrected chi connectivity index (χ0v) is 12.8. The Bertz CT molecular complexity index is 568. The van der Waals surface area contributed by atoms with Crippen molar-refractivity contribution in [1.29, 1.82) is 0 Å². The van der Waals surface area contributed by atoms with Crippen molar-refractivity contribution in [2.75, 3.05) is 22.6 Å². The van der Waals surface area contributed by atoms with Crippen LogP contribution in [0.5, 0.6) is 0 Å². The van der Waals surface area contributed by atoms with Gasteiger partial charge in [-0.15, -0.1) is 0 Å². The largest absolute Gasteiger partial charge is 0.398 e. The number of carbonyl (C=O) groups excluding carboxylic acids is 1. The Kier molecular flexibility index (Phi) is 6.01. The molecule has 112 valence electrons. The van der Waals surface area contributed by atoms with Crippen molar-refractivity contribution in [1.82, 2.24) is 0 Å². The van der Waals surface area contributed by atoms with Crippen LogP contribution >= 0.6 is 0 Å². The van der Waals surface area contributed by atoms with E-state index in [1.165, 1.54) is 0 Å². The van der Waals surface area contributed by atoms with E-state index >= 15 is 0 Å². The lowest BCUT2D eigenvalue weighted by Gasteiger charge is -2.10. The van der Waals surface area contributed by atoms with Crippen LogP contribution in [-0.2, 0) is 14.6 Å². The molecule has 0 saturated carbocycles. The van der Waals surface area contributed by atoms with Crippen molar-refractivity contribution < 1.29 is 13.2 Å². The Morgan fingerprint density at radius 3 is 2.65 bits per heavy atom. The molecular weight excluding hydrogens is 276 g/mol. The summed E-state index contributed by atoms with van der Waals surface area (Å²) in [7, 11) is -3.02. The zero-order chi connectivity index (χ0) is 15.2. The van der Waals surface area contributed by atoms with Gasteiger partial charge in [0.05, 0.1) is 5.75 Å². The first-order chi connectivity index (χ1) is 9.35. The van der Waals surface area contributed by atoms with E-state index in [1.807, 2.05) is 13.8 Å². The number of carbonyl (C=O) groups is 1. The second-order valence-corrected chi connectivity index (χ2v) is 7.13. The summed E-state index contributed by atoms with van der Waals surface area (Å²) < 4.78 is 23.0. The first kappa shape index (κ1) is 16.5. The highest BCUT2D eigenvalue weighted by molar-refractivity contribution is 7.91. The molecule has 0 bridgehead atoms. The van der Waals surface area contributed by atoms with Crippen LogP contribution in [0, 0.1) is 6.92 Å². The predicted octanol–water partition coefficient (Wildman–Crippen LogP) is 2.12. The Labute approximate surface area is 120 Å². The van der Waals surface area contributed by atoms with E-state index in [-0.39, 0.29) is 23.8 Å².